The van der Waals surface area contributed by atoms with Crippen molar-refractivity contribution in [2.24, 2.45) is 0 Å². The van der Waals surface area contributed by atoms with Crippen LogP contribution in [0.3, 0.4) is 0 Å². The van der Waals surface area contributed by atoms with Gasteiger partial charge in [-0.25, -0.2) is 0 Å². The Morgan fingerprint density at radius 3 is 2.75 bits per heavy atom. The van der Waals surface area contributed by atoms with Crippen LogP contribution in [0.15, 0.2) is 5.16 Å². The van der Waals surface area contributed by atoms with Crippen LogP contribution in [-0.4, -0.2) is 56.1 Å². The van der Waals surface area contributed by atoms with Gasteiger partial charge in [-0.15, -0.1) is 10.2 Å². The molecule has 1 fully saturated rings. The van der Waals surface area contributed by atoms with Gasteiger partial charge in [-0.1, -0.05) is 18.2 Å². The highest BCUT2D eigenvalue weighted by molar-refractivity contribution is 7.99. The van der Waals surface area contributed by atoms with E-state index in [0.717, 1.165) is 31.4 Å². The molecule has 112 valence electrons. The largest absolute Gasteiger partial charge is 0.481 e. The van der Waals surface area contributed by atoms with E-state index in [4.69, 9.17) is 10.8 Å². The fourth-order valence-electron chi connectivity index (χ4n) is 2.52. The highest BCUT2D eigenvalue weighted by Gasteiger charge is 2.20. The molecule has 0 aliphatic carbocycles. The molecule has 3 N–H and O–H groups in total. The maximum atomic E-state index is 10.7. The molecule has 0 bridgehead atoms. The Balaban J connectivity index is 2.01. The van der Waals surface area contributed by atoms with Gasteiger partial charge in [0, 0.05) is 12.6 Å². The zero-order valence-corrected chi connectivity index (χ0v) is 12.5. The lowest BCUT2D eigenvalue weighted by atomic mass is 10.1. The third-order valence-electron chi connectivity index (χ3n) is 3.43. The van der Waals surface area contributed by atoms with Crippen LogP contribution in [0.4, 0.5) is 5.95 Å². The number of carboxylic acids is 1. The maximum absolute atomic E-state index is 10.7. The monoisotopic (exact) mass is 299 g/mol. The summed E-state index contributed by atoms with van der Waals surface area (Å²) in [7, 11) is 0. The average Bonchev–Trinajstić information content (AvgIpc) is 2.78. The van der Waals surface area contributed by atoms with E-state index in [0.29, 0.717) is 11.1 Å². The summed E-state index contributed by atoms with van der Waals surface area (Å²) in [5, 5.41) is 17.2. The van der Waals surface area contributed by atoms with E-state index in [2.05, 4.69) is 22.0 Å². The third kappa shape index (κ3) is 3.86. The van der Waals surface area contributed by atoms with Crippen molar-refractivity contribution in [1.29, 1.82) is 0 Å². The second-order valence-electron chi connectivity index (χ2n) is 5.10. The number of aromatic nitrogens is 3. The predicted molar refractivity (Wildman–Crippen MR) is 77.8 cm³/mol. The van der Waals surface area contributed by atoms with E-state index in [1.54, 1.807) is 0 Å². The van der Waals surface area contributed by atoms with Crippen molar-refractivity contribution in [2.45, 2.75) is 37.4 Å². The molecular formula is C12H21N5O2S. The summed E-state index contributed by atoms with van der Waals surface area (Å²) in [6.45, 7) is 5.19. The first-order valence-electron chi connectivity index (χ1n) is 6.85. The summed E-state index contributed by atoms with van der Waals surface area (Å²) in [6.07, 6.45) is 3.79. The number of hydrogen-bond acceptors (Lipinski definition) is 6. The van der Waals surface area contributed by atoms with E-state index >= 15 is 0 Å². The van der Waals surface area contributed by atoms with Crippen LogP contribution >= 0.6 is 11.8 Å². The normalized spacial score (nSPS) is 18.1. The van der Waals surface area contributed by atoms with Crippen molar-refractivity contribution < 1.29 is 9.90 Å². The lowest BCUT2D eigenvalue weighted by Gasteiger charge is -2.29. The van der Waals surface area contributed by atoms with Crippen molar-refractivity contribution in [3.63, 3.8) is 0 Å². The highest BCUT2D eigenvalue weighted by Crippen LogP contribution is 2.24. The molecule has 2 heterocycles. The topological polar surface area (TPSA) is 97.3 Å². The first kappa shape index (κ1) is 15.1. The summed E-state index contributed by atoms with van der Waals surface area (Å²) < 4.78 is 1.84. The smallest absolute Gasteiger partial charge is 0.313 e. The van der Waals surface area contributed by atoms with Crippen molar-refractivity contribution in [3.8, 4) is 0 Å². The summed E-state index contributed by atoms with van der Waals surface area (Å²) in [4.78, 5) is 13.1. The molecule has 1 aromatic heterocycles. The SMILES string of the molecule is CC(CN1CCCCC1)n1c(N)nnc1SCC(=O)O. The van der Waals surface area contributed by atoms with Gasteiger partial charge >= 0.3 is 5.97 Å². The van der Waals surface area contributed by atoms with Crippen LogP contribution < -0.4 is 5.73 Å². The predicted octanol–water partition coefficient (Wildman–Crippen LogP) is 1.08. The molecule has 0 radical (unpaired) electrons. The van der Waals surface area contributed by atoms with Crippen LogP contribution in [0.5, 0.6) is 0 Å². The second kappa shape index (κ2) is 6.94. The molecule has 0 saturated carbocycles. The summed E-state index contributed by atoms with van der Waals surface area (Å²) in [5.74, 6) is -0.552. The maximum Gasteiger partial charge on any atom is 0.313 e. The molecule has 1 unspecified atom stereocenters. The van der Waals surface area contributed by atoms with Gasteiger partial charge in [-0.05, 0) is 32.9 Å². The van der Waals surface area contributed by atoms with Crippen LogP contribution in [0, 0.1) is 0 Å². The van der Waals surface area contributed by atoms with E-state index in [-0.39, 0.29) is 11.8 Å². The minimum atomic E-state index is -0.869. The number of anilines is 1. The Labute approximate surface area is 122 Å². The van der Waals surface area contributed by atoms with E-state index in [9.17, 15) is 4.79 Å². The Morgan fingerprint density at radius 2 is 2.10 bits per heavy atom. The molecule has 7 nitrogen and oxygen atoms in total. The molecule has 0 aromatic carbocycles. The quantitative estimate of drug-likeness (QED) is 0.759. The van der Waals surface area contributed by atoms with Gasteiger partial charge < -0.3 is 15.7 Å². The number of likely N-dealkylation sites (tertiary alicyclic amines) is 1. The Hall–Kier alpha value is -1.28. The van der Waals surface area contributed by atoms with Crippen molar-refractivity contribution >= 4 is 23.7 Å². The molecule has 8 heteroatoms. The van der Waals surface area contributed by atoms with Gasteiger partial charge in [0.1, 0.15) is 0 Å². The van der Waals surface area contributed by atoms with Crippen LogP contribution in [0.1, 0.15) is 32.2 Å². The van der Waals surface area contributed by atoms with E-state index < -0.39 is 5.97 Å². The first-order chi connectivity index (χ1) is 9.58. The summed E-state index contributed by atoms with van der Waals surface area (Å²) in [5.41, 5.74) is 5.86. The second-order valence-corrected chi connectivity index (χ2v) is 6.05. The minimum Gasteiger partial charge on any atom is -0.481 e. The highest BCUT2D eigenvalue weighted by atomic mass is 32.2. The molecule has 1 aromatic rings. The molecule has 0 amide bonds. The lowest BCUT2D eigenvalue weighted by Crippen LogP contribution is -2.34. The molecular weight excluding hydrogens is 278 g/mol. The van der Waals surface area contributed by atoms with Crippen LogP contribution in [0.25, 0.3) is 0 Å². The Kier molecular flexibility index (Phi) is 5.24. The Bertz CT molecular complexity index is 459. The van der Waals surface area contributed by atoms with Crippen molar-refractivity contribution in [3.05, 3.63) is 0 Å². The number of nitrogens with zero attached hydrogens (tertiary/aromatic N) is 4. The van der Waals surface area contributed by atoms with E-state index in [1.165, 1.54) is 19.3 Å². The van der Waals surface area contributed by atoms with Gasteiger partial charge in [0.15, 0.2) is 5.16 Å². The number of aliphatic carboxylic acids is 1. The summed E-state index contributed by atoms with van der Waals surface area (Å²) in [6, 6.07) is 0.138. The average molecular weight is 299 g/mol. The summed E-state index contributed by atoms with van der Waals surface area (Å²) >= 11 is 1.16. The van der Waals surface area contributed by atoms with Gasteiger partial charge in [0.2, 0.25) is 5.95 Å². The first-order valence-corrected chi connectivity index (χ1v) is 7.84. The molecule has 2 rings (SSSR count). The lowest BCUT2D eigenvalue weighted by molar-refractivity contribution is -0.133. The van der Waals surface area contributed by atoms with Gasteiger partial charge in [-0.2, -0.15) is 0 Å². The van der Waals surface area contributed by atoms with Crippen LogP contribution in [-0.2, 0) is 4.79 Å². The van der Waals surface area contributed by atoms with Gasteiger partial charge in [0.05, 0.1) is 5.75 Å². The Morgan fingerprint density at radius 1 is 1.40 bits per heavy atom. The van der Waals surface area contributed by atoms with Crippen molar-refractivity contribution in [2.75, 3.05) is 31.1 Å². The zero-order valence-electron chi connectivity index (χ0n) is 11.7. The molecule has 1 aliphatic heterocycles. The minimum absolute atomic E-state index is 0.0332. The fraction of sp³-hybridized carbons (Fsp3) is 0.750. The van der Waals surface area contributed by atoms with E-state index in [1.807, 2.05) is 4.57 Å². The third-order valence-corrected chi connectivity index (χ3v) is 4.36. The van der Waals surface area contributed by atoms with Crippen molar-refractivity contribution in [1.82, 2.24) is 19.7 Å². The molecule has 20 heavy (non-hydrogen) atoms. The number of piperidine rings is 1. The number of nitrogen functional groups attached to an aromatic ring is 1. The standard InChI is InChI=1S/C12H21N5O2S/c1-9(7-16-5-3-2-4-6-16)17-11(13)14-15-12(17)20-8-10(18)19/h9H,2-8H2,1H3,(H2,13,14)(H,18,19). The number of thioether (sulfide) groups is 1. The number of nitrogens with two attached hydrogens (primary N) is 1. The molecule has 1 saturated heterocycles. The number of rotatable bonds is 6. The van der Waals surface area contributed by atoms with Gasteiger partial charge in [-0.3, -0.25) is 9.36 Å². The fourth-order valence-corrected chi connectivity index (χ4v) is 3.29. The molecule has 0 spiro atoms. The molecule has 1 aliphatic rings. The number of hydrogen-bond donors (Lipinski definition) is 2. The number of carbonyl (C=O) groups is 1. The zero-order chi connectivity index (χ0) is 14.5. The molecule has 1 atom stereocenters. The number of carboxylic acid groups (broad SMARTS) is 1. The van der Waals surface area contributed by atoms with Gasteiger partial charge in [0.25, 0.3) is 0 Å². The van der Waals surface area contributed by atoms with Crippen LogP contribution in [0.2, 0.25) is 0 Å².